The van der Waals surface area contributed by atoms with E-state index in [0.29, 0.717) is 6.54 Å². The molecule has 0 heterocycles. The smallest absolute Gasteiger partial charge is 0.0622 e. The van der Waals surface area contributed by atoms with Gasteiger partial charge in [0.1, 0.15) is 5.11 Å². The Morgan fingerprint density at radius 1 is 1.30 bits per heavy atom. The summed E-state index contributed by atoms with van der Waals surface area (Å²) >= 11 is 0. The van der Waals surface area contributed by atoms with Gasteiger partial charge >= 0.3 is 4.97 Å². The lowest BCUT2D eigenvalue weighted by molar-refractivity contribution is 0.944. The number of hydrogen-bond acceptors (Lipinski definition) is 2. The monoisotopic (exact) mass is 135 g/mol. The Morgan fingerprint density at radius 2 is 2.00 bits per heavy atom. The first kappa shape index (κ1) is 6.65. The van der Waals surface area contributed by atoms with Gasteiger partial charge in [0.15, 0.2) is 11.5 Å². The zero-order valence-corrected chi connectivity index (χ0v) is 5.40. The predicted molar refractivity (Wildman–Crippen MR) is 38.1 cm³/mol. The van der Waals surface area contributed by atoms with Crippen LogP contribution in [-0.2, 0) is 6.54 Å². The average Bonchev–Trinajstić information content (AvgIpc) is 2.03. The van der Waals surface area contributed by atoms with E-state index in [0.717, 1.165) is 5.56 Å². The van der Waals surface area contributed by atoms with Gasteiger partial charge in [0.25, 0.3) is 0 Å². The summed E-state index contributed by atoms with van der Waals surface area (Å²) in [7, 11) is 0. The maximum atomic E-state index is 9.56. The molecule has 0 atom stereocenters. The molecular weight excluding hydrogens is 128 g/mol. The third-order valence-electron chi connectivity index (χ3n) is 1.15. The Hall–Kier alpha value is -1.47. The molecule has 0 amide bonds. The van der Waals surface area contributed by atoms with Crippen molar-refractivity contribution in [1.82, 2.24) is 4.97 Å². The molecule has 3 nitrogen and oxygen atoms in total. The highest BCUT2D eigenvalue weighted by molar-refractivity contribution is 5.13. The second-order valence-corrected chi connectivity index (χ2v) is 1.87. The average molecular weight is 135 g/mol. The Labute approximate surface area is 58.4 Å². The largest absolute Gasteiger partial charge is 0.387 e. The number of rotatable bonds is 2. The standard InChI is InChI=1S/C7H7N2O/c10-9-8-6-7-4-2-1-3-5-7/h1-5H,6H2/q+1. The molecule has 50 valence electrons. The lowest BCUT2D eigenvalue weighted by Gasteiger charge is -1.86. The number of benzene rings is 1. The lowest BCUT2D eigenvalue weighted by Crippen LogP contribution is -1.77. The highest BCUT2D eigenvalue weighted by atomic mass is 16.3. The van der Waals surface area contributed by atoms with E-state index in [-0.39, 0.29) is 0 Å². The summed E-state index contributed by atoms with van der Waals surface area (Å²) in [4.78, 5) is 12.0. The van der Waals surface area contributed by atoms with Crippen LogP contribution in [0.5, 0.6) is 0 Å². The number of nitroso groups, excluding NO2 is 1. The zero-order valence-electron chi connectivity index (χ0n) is 5.40. The summed E-state index contributed by atoms with van der Waals surface area (Å²) in [6, 6.07) is 9.51. The van der Waals surface area contributed by atoms with Crippen LogP contribution in [0.15, 0.2) is 35.4 Å². The molecule has 1 aromatic rings. The van der Waals surface area contributed by atoms with Crippen LogP contribution in [0.25, 0.3) is 0 Å². The molecule has 0 aromatic heterocycles. The Morgan fingerprint density at radius 3 is 2.60 bits per heavy atom. The van der Waals surface area contributed by atoms with Crippen LogP contribution in [0.2, 0.25) is 0 Å². The molecule has 0 aliphatic heterocycles. The van der Waals surface area contributed by atoms with Crippen LogP contribution in [0.1, 0.15) is 5.56 Å². The van der Waals surface area contributed by atoms with Crippen molar-refractivity contribution < 1.29 is 0 Å². The van der Waals surface area contributed by atoms with Crippen LogP contribution >= 0.6 is 0 Å². The van der Waals surface area contributed by atoms with E-state index in [1.54, 1.807) is 0 Å². The van der Waals surface area contributed by atoms with E-state index in [9.17, 15) is 4.91 Å². The SMILES string of the molecule is O=[N+]=NCc1ccccc1. The molecule has 0 spiro atoms. The van der Waals surface area contributed by atoms with Crippen molar-refractivity contribution >= 4 is 0 Å². The number of nitrogens with zero attached hydrogens (tertiary/aromatic N) is 2. The van der Waals surface area contributed by atoms with Crippen LogP contribution < -0.4 is 4.97 Å². The molecular formula is C7H7N2O+. The van der Waals surface area contributed by atoms with E-state index < -0.39 is 0 Å². The van der Waals surface area contributed by atoms with Gasteiger partial charge in [-0.15, -0.1) is 0 Å². The summed E-state index contributed by atoms with van der Waals surface area (Å²) in [6.07, 6.45) is 0. The van der Waals surface area contributed by atoms with Gasteiger partial charge in [-0.25, -0.2) is 0 Å². The minimum atomic E-state index is 0.379. The maximum absolute atomic E-state index is 9.56. The Bertz CT molecular complexity index is 239. The molecule has 0 aliphatic rings. The minimum Gasteiger partial charge on any atom is -0.0622 e. The molecule has 3 heteroatoms. The van der Waals surface area contributed by atoms with Crippen molar-refractivity contribution in [3.63, 3.8) is 0 Å². The highest BCUT2D eigenvalue weighted by Crippen LogP contribution is 1.98. The summed E-state index contributed by atoms with van der Waals surface area (Å²) in [6.45, 7) is 0.379. The van der Waals surface area contributed by atoms with Crippen molar-refractivity contribution in [3.8, 4) is 0 Å². The molecule has 0 aliphatic carbocycles. The van der Waals surface area contributed by atoms with Crippen LogP contribution in [0, 0.1) is 4.91 Å². The Balaban J connectivity index is 2.67. The van der Waals surface area contributed by atoms with Gasteiger partial charge < -0.3 is 0 Å². The summed E-state index contributed by atoms with van der Waals surface area (Å²) in [5, 5.41) is 3.31. The fourth-order valence-electron chi connectivity index (χ4n) is 0.694. The summed E-state index contributed by atoms with van der Waals surface area (Å²) < 4.78 is 0. The normalized spacial score (nSPS) is 8.40. The molecule has 1 rings (SSSR count). The molecule has 0 saturated carbocycles. The zero-order chi connectivity index (χ0) is 7.23. The molecule has 1 aromatic carbocycles. The fourth-order valence-corrected chi connectivity index (χ4v) is 0.694. The quantitative estimate of drug-likeness (QED) is 0.447. The van der Waals surface area contributed by atoms with Crippen molar-refractivity contribution in [2.45, 2.75) is 6.54 Å². The molecule has 0 radical (unpaired) electrons. The fraction of sp³-hybridized carbons (Fsp3) is 0.143. The highest BCUT2D eigenvalue weighted by Gasteiger charge is 1.91. The molecule has 0 N–H and O–H groups in total. The topological polar surface area (TPSA) is 43.5 Å². The second kappa shape index (κ2) is 3.54. The van der Waals surface area contributed by atoms with Crippen LogP contribution in [0.4, 0.5) is 0 Å². The molecule has 0 saturated heterocycles. The molecule has 0 unspecified atom stereocenters. The van der Waals surface area contributed by atoms with Crippen molar-refractivity contribution in [2.24, 2.45) is 5.11 Å². The van der Waals surface area contributed by atoms with Crippen molar-refractivity contribution in [3.05, 3.63) is 40.8 Å². The second-order valence-electron chi connectivity index (χ2n) is 1.87. The maximum Gasteiger partial charge on any atom is 0.387 e. The predicted octanol–water partition coefficient (Wildman–Crippen LogP) is 1.47. The first-order valence-corrected chi connectivity index (χ1v) is 2.96. The van der Waals surface area contributed by atoms with E-state index in [4.69, 9.17) is 0 Å². The summed E-state index contributed by atoms with van der Waals surface area (Å²) in [5.41, 5.74) is 1.00. The van der Waals surface area contributed by atoms with Crippen molar-refractivity contribution in [1.29, 1.82) is 0 Å². The van der Waals surface area contributed by atoms with Gasteiger partial charge in [-0.1, -0.05) is 30.3 Å². The van der Waals surface area contributed by atoms with E-state index in [1.165, 1.54) is 0 Å². The third-order valence-corrected chi connectivity index (χ3v) is 1.15. The first-order chi connectivity index (χ1) is 4.93. The third kappa shape index (κ3) is 1.80. The van der Waals surface area contributed by atoms with E-state index in [2.05, 4.69) is 10.1 Å². The Kier molecular flexibility index (Phi) is 2.35. The van der Waals surface area contributed by atoms with Crippen molar-refractivity contribution in [2.75, 3.05) is 0 Å². The van der Waals surface area contributed by atoms with Gasteiger partial charge in [-0.05, 0) is 5.56 Å². The van der Waals surface area contributed by atoms with Gasteiger partial charge in [-0.2, -0.15) is 0 Å². The minimum absolute atomic E-state index is 0.379. The van der Waals surface area contributed by atoms with E-state index >= 15 is 0 Å². The van der Waals surface area contributed by atoms with Gasteiger partial charge in [0.2, 0.25) is 0 Å². The van der Waals surface area contributed by atoms with Gasteiger partial charge in [-0.3, -0.25) is 0 Å². The first-order valence-electron chi connectivity index (χ1n) is 2.96. The summed E-state index contributed by atoms with van der Waals surface area (Å²) in [5.74, 6) is 0. The molecule has 0 fully saturated rings. The molecule has 0 bridgehead atoms. The molecule has 10 heavy (non-hydrogen) atoms. The van der Waals surface area contributed by atoms with Gasteiger partial charge in [0.05, 0.1) is 0 Å². The lowest BCUT2D eigenvalue weighted by atomic mass is 10.2. The number of hydrogen-bond donors (Lipinski definition) is 0. The van der Waals surface area contributed by atoms with E-state index in [1.807, 2.05) is 30.3 Å². The van der Waals surface area contributed by atoms with Crippen LogP contribution in [0.3, 0.4) is 0 Å². The van der Waals surface area contributed by atoms with Gasteiger partial charge in [0, 0.05) is 0 Å². The van der Waals surface area contributed by atoms with Crippen LogP contribution in [-0.4, -0.2) is 0 Å².